The first-order valence-corrected chi connectivity index (χ1v) is 8.10. The first-order valence-electron chi connectivity index (χ1n) is 8.10. The second-order valence-corrected chi connectivity index (χ2v) is 6.07. The van der Waals surface area contributed by atoms with Gasteiger partial charge in [-0.3, -0.25) is 14.5 Å². The predicted octanol–water partition coefficient (Wildman–Crippen LogP) is 2.70. The summed E-state index contributed by atoms with van der Waals surface area (Å²) in [6, 6.07) is 1.94. The summed E-state index contributed by atoms with van der Waals surface area (Å²) in [5.41, 5.74) is 0.973. The molecule has 1 unspecified atom stereocenters. The number of hydrogen-bond donors (Lipinski definition) is 2. The maximum absolute atomic E-state index is 12.2. The van der Waals surface area contributed by atoms with Crippen molar-refractivity contribution in [3.8, 4) is 0 Å². The van der Waals surface area contributed by atoms with E-state index in [1.807, 2.05) is 0 Å². The zero-order valence-corrected chi connectivity index (χ0v) is 14.4. The number of rotatable bonds is 9. The Hall–Kier alpha value is -1.62. The van der Waals surface area contributed by atoms with Crippen LogP contribution in [0.25, 0.3) is 0 Å². The van der Waals surface area contributed by atoms with Gasteiger partial charge in [-0.2, -0.15) is 0 Å². The van der Waals surface area contributed by atoms with Crippen LogP contribution in [0.3, 0.4) is 0 Å². The summed E-state index contributed by atoms with van der Waals surface area (Å²) in [7, 11) is 0. The van der Waals surface area contributed by atoms with Gasteiger partial charge in [-0.05, 0) is 38.4 Å². The summed E-state index contributed by atoms with van der Waals surface area (Å²) in [4.78, 5) is 28.7. The lowest BCUT2D eigenvalue weighted by Gasteiger charge is -2.31. The van der Waals surface area contributed by atoms with Gasteiger partial charge >= 0.3 is 0 Å². The van der Waals surface area contributed by atoms with Crippen molar-refractivity contribution < 1.29 is 9.59 Å². The molecule has 5 heteroatoms. The van der Waals surface area contributed by atoms with E-state index in [1.54, 1.807) is 12.3 Å². The molecule has 5 nitrogen and oxygen atoms in total. The highest BCUT2D eigenvalue weighted by Crippen LogP contribution is 2.11. The molecule has 1 aromatic heterocycles. The predicted molar refractivity (Wildman–Crippen MR) is 89.3 cm³/mol. The number of aromatic nitrogens is 1. The van der Waals surface area contributed by atoms with E-state index in [9.17, 15) is 9.59 Å². The van der Waals surface area contributed by atoms with Crippen LogP contribution in [0.2, 0.25) is 0 Å². The van der Waals surface area contributed by atoms with Crippen LogP contribution in [-0.4, -0.2) is 47.3 Å². The van der Waals surface area contributed by atoms with E-state index >= 15 is 0 Å². The number of carbonyl (C=O) groups excluding carboxylic acids is 2. The van der Waals surface area contributed by atoms with Crippen molar-refractivity contribution >= 4 is 11.7 Å². The Morgan fingerprint density at radius 2 is 1.91 bits per heavy atom. The Bertz CT molecular complexity index is 490. The zero-order valence-electron chi connectivity index (χ0n) is 14.4. The molecule has 0 bridgehead atoms. The molecule has 1 atom stereocenters. The van der Waals surface area contributed by atoms with Gasteiger partial charge < -0.3 is 10.3 Å². The maximum Gasteiger partial charge on any atom is 0.267 e. The fourth-order valence-corrected chi connectivity index (χ4v) is 2.68. The summed E-state index contributed by atoms with van der Waals surface area (Å²) in [5, 5.41) is 2.98. The fraction of sp³-hybridized carbons (Fsp3) is 0.647. The van der Waals surface area contributed by atoms with Crippen LogP contribution in [-0.2, 0) is 0 Å². The molecule has 0 aliphatic rings. The summed E-state index contributed by atoms with van der Waals surface area (Å²) < 4.78 is 0. The molecule has 22 heavy (non-hydrogen) atoms. The van der Waals surface area contributed by atoms with Gasteiger partial charge in [0.2, 0.25) is 0 Å². The first kappa shape index (κ1) is 18.4. The normalized spacial score (nSPS) is 12.7. The molecule has 0 saturated heterocycles. The molecule has 0 aliphatic carbocycles. The third-order valence-corrected chi connectivity index (χ3v) is 3.90. The molecule has 0 fully saturated rings. The minimum absolute atomic E-state index is 0.0453. The average Bonchev–Trinajstić information content (AvgIpc) is 2.95. The molecule has 0 aliphatic heterocycles. The number of ketones is 1. The van der Waals surface area contributed by atoms with Gasteiger partial charge in [-0.1, -0.05) is 27.7 Å². The van der Waals surface area contributed by atoms with Gasteiger partial charge in [0, 0.05) is 24.3 Å². The van der Waals surface area contributed by atoms with Crippen molar-refractivity contribution in [2.75, 3.05) is 19.6 Å². The monoisotopic (exact) mass is 307 g/mol. The number of carbonyl (C=O) groups is 2. The van der Waals surface area contributed by atoms with Crippen LogP contribution in [0.15, 0.2) is 12.3 Å². The third-order valence-electron chi connectivity index (χ3n) is 3.90. The number of aromatic amines is 1. The lowest BCUT2D eigenvalue weighted by atomic mass is 10.0. The molecule has 0 saturated carbocycles. The Balaban J connectivity index is 2.66. The number of likely N-dealkylation sites (N-methyl/N-ethyl adjacent to an activating group) is 1. The molecular weight excluding hydrogens is 278 g/mol. The maximum atomic E-state index is 12.2. The Labute approximate surface area is 133 Å². The molecule has 2 N–H and O–H groups in total. The van der Waals surface area contributed by atoms with Gasteiger partial charge in [0.15, 0.2) is 5.78 Å². The number of hydrogen-bond acceptors (Lipinski definition) is 3. The van der Waals surface area contributed by atoms with E-state index in [-0.39, 0.29) is 11.7 Å². The van der Waals surface area contributed by atoms with E-state index in [2.05, 4.69) is 42.9 Å². The van der Waals surface area contributed by atoms with Crippen LogP contribution >= 0.6 is 0 Å². The molecule has 1 aromatic rings. The standard InChI is InChI=1S/C17H29N3O2/c1-6-20(7-2)15(8-12(3)4)11-19-17(22)16-9-14(10-18-16)13(5)21/h9-10,12,15,18H,6-8,11H2,1-5H3,(H,19,22). The van der Waals surface area contributed by atoms with Crippen molar-refractivity contribution in [2.45, 2.75) is 47.1 Å². The van der Waals surface area contributed by atoms with E-state index in [4.69, 9.17) is 0 Å². The fourth-order valence-electron chi connectivity index (χ4n) is 2.68. The first-order chi connectivity index (χ1) is 10.4. The Morgan fingerprint density at radius 1 is 1.27 bits per heavy atom. The van der Waals surface area contributed by atoms with Crippen LogP contribution in [0.4, 0.5) is 0 Å². The molecule has 124 valence electrons. The van der Waals surface area contributed by atoms with Crippen molar-refractivity contribution in [2.24, 2.45) is 5.92 Å². The number of Topliss-reactive ketones (excluding diaryl/α,β-unsaturated/α-hetero) is 1. The van der Waals surface area contributed by atoms with Crippen molar-refractivity contribution in [1.82, 2.24) is 15.2 Å². The SMILES string of the molecule is CCN(CC)C(CNC(=O)c1cc(C(C)=O)c[nH]1)CC(C)C. The van der Waals surface area contributed by atoms with Crippen molar-refractivity contribution in [1.29, 1.82) is 0 Å². The van der Waals surface area contributed by atoms with E-state index in [0.29, 0.717) is 29.8 Å². The van der Waals surface area contributed by atoms with Gasteiger partial charge in [-0.15, -0.1) is 0 Å². The highest BCUT2D eigenvalue weighted by molar-refractivity contribution is 5.99. The second kappa shape index (κ2) is 8.73. The smallest absolute Gasteiger partial charge is 0.267 e. The van der Waals surface area contributed by atoms with Crippen LogP contribution in [0.1, 0.15) is 61.9 Å². The van der Waals surface area contributed by atoms with Crippen LogP contribution in [0, 0.1) is 5.92 Å². The minimum Gasteiger partial charge on any atom is -0.356 e. The third kappa shape index (κ3) is 5.30. The molecule has 1 heterocycles. The van der Waals surface area contributed by atoms with E-state index in [0.717, 1.165) is 19.5 Å². The zero-order chi connectivity index (χ0) is 16.7. The molecule has 1 amide bonds. The van der Waals surface area contributed by atoms with Crippen LogP contribution in [0.5, 0.6) is 0 Å². The number of nitrogens with one attached hydrogen (secondary N) is 2. The summed E-state index contributed by atoms with van der Waals surface area (Å²) in [5.74, 6) is 0.377. The van der Waals surface area contributed by atoms with Crippen LogP contribution < -0.4 is 5.32 Å². The number of amides is 1. The van der Waals surface area contributed by atoms with Crippen molar-refractivity contribution in [3.63, 3.8) is 0 Å². The highest BCUT2D eigenvalue weighted by atomic mass is 16.2. The number of H-pyrrole nitrogens is 1. The average molecular weight is 307 g/mol. The van der Waals surface area contributed by atoms with E-state index in [1.165, 1.54) is 6.92 Å². The molecule has 0 spiro atoms. The van der Waals surface area contributed by atoms with Gasteiger partial charge in [0.05, 0.1) is 0 Å². The quantitative estimate of drug-likeness (QED) is 0.689. The number of nitrogens with zero attached hydrogens (tertiary/aromatic N) is 1. The second-order valence-electron chi connectivity index (χ2n) is 6.07. The molecule has 0 radical (unpaired) electrons. The minimum atomic E-state index is -0.159. The molecule has 0 aromatic carbocycles. The molecular formula is C17H29N3O2. The summed E-state index contributed by atoms with van der Waals surface area (Å²) in [6.45, 7) is 12.7. The highest BCUT2D eigenvalue weighted by Gasteiger charge is 2.19. The van der Waals surface area contributed by atoms with Crippen molar-refractivity contribution in [3.05, 3.63) is 23.5 Å². The summed E-state index contributed by atoms with van der Waals surface area (Å²) >= 11 is 0. The van der Waals surface area contributed by atoms with Gasteiger partial charge in [0.1, 0.15) is 5.69 Å². The lowest BCUT2D eigenvalue weighted by molar-refractivity contribution is 0.0924. The van der Waals surface area contributed by atoms with Gasteiger partial charge in [0.25, 0.3) is 5.91 Å². The Morgan fingerprint density at radius 3 is 2.36 bits per heavy atom. The van der Waals surface area contributed by atoms with Gasteiger partial charge in [-0.25, -0.2) is 0 Å². The largest absolute Gasteiger partial charge is 0.356 e. The lowest BCUT2D eigenvalue weighted by Crippen LogP contribution is -2.44. The molecule has 1 rings (SSSR count). The topological polar surface area (TPSA) is 65.2 Å². The van der Waals surface area contributed by atoms with E-state index < -0.39 is 0 Å². The Kier molecular flexibility index (Phi) is 7.32. The summed E-state index contributed by atoms with van der Waals surface area (Å²) in [6.07, 6.45) is 2.62.